The van der Waals surface area contributed by atoms with Gasteiger partial charge in [-0.2, -0.15) is 0 Å². The lowest BCUT2D eigenvalue weighted by molar-refractivity contribution is 0.687. The highest BCUT2D eigenvalue weighted by molar-refractivity contribution is 5.79. The fourth-order valence-corrected chi connectivity index (χ4v) is 2.88. The van der Waals surface area contributed by atoms with Gasteiger partial charge < -0.3 is 0 Å². The Morgan fingerprint density at radius 2 is 1.33 bits per heavy atom. The van der Waals surface area contributed by atoms with E-state index in [1.165, 1.54) is 36.8 Å². The first-order valence-corrected chi connectivity index (χ1v) is 7.76. The van der Waals surface area contributed by atoms with Gasteiger partial charge in [-0.05, 0) is 36.0 Å². The van der Waals surface area contributed by atoms with E-state index >= 15 is 0 Å². The summed E-state index contributed by atoms with van der Waals surface area (Å²) in [5, 5.41) is 0. The molecule has 0 aromatic heterocycles. The fraction of sp³-hybridized carbons (Fsp3) is 0.238. The Labute approximate surface area is 127 Å². The molecule has 0 saturated heterocycles. The third kappa shape index (κ3) is 3.64. The lowest BCUT2D eigenvalue weighted by Gasteiger charge is -2.04. The maximum absolute atomic E-state index is 3.39. The van der Waals surface area contributed by atoms with Crippen molar-refractivity contribution >= 4 is 5.57 Å². The maximum Gasteiger partial charge on any atom is 0.0393 e. The van der Waals surface area contributed by atoms with Crippen molar-refractivity contribution in [3.63, 3.8) is 0 Å². The molecule has 0 spiro atoms. The predicted octanol–water partition coefficient (Wildman–Crippen LogP) is 5.62. The molecule has 0 unspecified atom stereocenters. The van der Waals surface area contributed by atoms with Crippen molar-refractivity contribution in [3.05, 3.63) is 89.3 Å². The van der Waals surface area contributed by atoms with Crippen LogP contribution in [0.15, 0.2) is 78.2 Å². The lowest BCUT2D eigenvalue weighted by atomic mass is 9.99. The summed E-state index contributed by atoms with van der Waals surface area (Å²) in [6.45, 7) is 0. The smallest absolute Gasteiger partial charge is 0.0393 e. The van der Waals surface area contributed by atoms with Gasteiger partial charge in [0.1, 0.15) is 0 Å². The number of hydrogen-bond donors (Lipinski definition) is 0. The number of hydrogen-bond acceptors (Lipinski definition) is 0. The van der Waals surface area contributed by atoms with Crippen molar-refractivity contribution in [1.82, 2.24) is 0 Å². The zero-order chi connectivity index (χ0) is 14.3. The summed E-state index contributed by atoms with van der Waals surface area (Å²) in [5.74, 6) is 0.699. The monoisotopic (exact) mass is 272 g/mol. The maximum atomic E-state index is 3.39. The van der Waals surface area contributed by atoms with Crippen LogP contribution < -0.4 is 0 Å². The standard InChI is InChI=1S/C21H20/c1-3-13-19(14-4-1)21(20-15-5-2-6-16-20)17-9-12-18-10-7-8-11-18/h1-6,12-16,18H,7-8,10-11H2. The first-order chi connectivity index (χ1) is 10.4. The van der Waals surface area contributed by atoms with Gasteiger partial charge in [0.05, 0.1) is 0 Å². The molecule has 1 aliphatic rings. The van der Waals surface area contributed by atoms with E-state index in [1.807, 2.05) is 12.1 Å². The van der Waals surface area contributed by atoms with Crippen LogP contribution in [0.5, 0.6) is 0 Å². The van der Waals surface area contributed by atoms with Gasteiger partial charge in [0.25, 0.3) is 0 Å². The first kappa shape index (κ1) is 13.7. The van der Waals surface area contributed by atoms with Crippen molar-refractivity contribution < 1.29 is 0 Å². The van der Waals surface area contributed by atoms with Crippen LogP contribution in [0, 0.1) is 5.92 Å². The molecule has 0 N–H and O–H groups in total. The summed E-state index contributed by atoms with van der Waals surface area (Å²) >= 11 is 0. The third-order valence-electron chi connectivity index (χ3n) is 4.04. The molecule has 3 rings (SSSR count). The highest BCUT2D eigenvalue weighted by atomic mass is 14.2. The van der Waals surface area contributed by atoms with Crippen LogP contribution in [0.4, 0.5) is 0 Å². The van der Waals surface area contributed by atoms with Crippen LogP contribution in [-0.4, -0.2) is 0 Å². The summed E-state index contributed by atoms with van der Waals surface area (Å²) in [6, 6.07) is 20.9. The SMILES string of the molecule is C(=C=C(c1ccccc1)c1ccccc1)=CC1CCCC1. The van der Waals surface area contributed by atoms with E-state index < -0.39 is 0 Å². The van der Waals surface area contributed by atoms with Gasteiger partial charge in [-0.3, -0.25) is 0 Å². The van der Waals surface area contributed by atoms with E-state index in [2.05, 4.69) is 66.1 Å². The Hall–Kier alpha value is -2.26. The lowest BCUT2D eigenvalue weighted by Crippen LogP contribution is -1.86. The number of allylic oxidation sites excluding steroid dienone is 1. The molecule has 0 heterocycles. The van der Waals surface area contributed by atoms with Crippen LogP contribution >= 0.6 is 0 Å². The van der Waals surface area contributed by atoms with E-state index in [-0.39, 0.29) is 0 Å². The molecule has 0 nitrogen and oxygen atoms in total. The molecule has 21 heavy (non-hydrogen) atoms. The largest absolute Gasteiger partial charge is 0.0737 e. The van der Waals surface area contributed by atoms with Crippen LogP contribution in [0.25, 0.3) is 5.57 Å². The fourth-order valence-electron chi connectivity index (χ4n) is 2.88. The van der Waals surface area contributed by atoms with Crippen molar-refractivity contribution in [2.24, 2.45) is 5.92 Å². The molecule has 0 atom stereocenters. The molecule has 0 radical (unpaired) electrons. The van der Waals surface area contributed by atoms with E-state index in [1.54, 1.807) is 0 Å². The zero-order valence-electron chi connectivity index (χ0n) is 12.3. The summed E-state index contributed by atoms with van der Waals surface area (Å²) < 4.78 is 0. The molecule has 2 aromatic carbocycles. The number of rotatable bonds is 3. The van der Waals surface area contributed by atoms with Gasteiger partial charge >= 0.3 is 0 Å². The molecule has 0 aliphatic heterocycles. The van der Waals surface area contributed by atoms with Gasteiger partial charge in [0, 0.05) is 5.57 Å². The van der Waals surface area contributed by atoms with Gasteiger partial charge in [-0.1, -0.05) is 85.0 Å². The Balaban J connectivity index is 2.02. The van der Waals surface area contributed by atoms with Gasteiger partial charge in [0.2, 0.25) is 0 Å². The van der Waals surface area contributed by atoms with Gasteiger partial charge in [-0.15, -0.1) is 0 Å². The molecular weight excluding hydrogens is 252 g/mol. The molecule has 0 amide bonds. The van der Waals surface area contributed by atoms with Crippen molar-refractivity contribution in [2.75, 3.05) is 0 Å². The van der Waals surface area contributed by atoms with E-state index in [0.717, 1.165) is 5.57 Å². The predicted molar refractivity (Wildman–Crippen MR) is 88.9 cm³/mol. The van der Waals surface area contributed by atoms with E-state index in [0.29, 0.717) is 5.92 Å². The zero-order valence-corrected chi connectivity index (χ0v) is 12.3. The Kier molecular flexibility index (Phi) is 4.54. The first-order valence-electron chi connectivity index (χ1n) is 7.76. The van der Waals surface area contributed by atoms with Crippen molar-refractivity contribution in [1.29, 1.82) is 0 Å². The number of benzene rings is 2. The van der Waals surface area contributed by atoms with Crippen LogP contribution in [0.1, 0.15) is 36.8 Å². The molecular formula is C21H20. The summed E-state index contributed by atoms with van der Waals surface area (Å²) in [4.78, 5) is 0. The Bertz CT molecular complexity index is 619. The Morgan fingerprint density at radius 1 is 0.810 bits per heavy atom. The highest BCUT2D eigenvalue weighted by Crippen LogP contribution is 2.25. The van der Waals surface area contributed by atoms with Crippen molar-refractivity contribution in [3.8, 4) is 0 Å². The average Bonchev–Trinajstić information content (AvgIpc) is 3.07. The summed E-state index contributed by atoms with van der Waals surface area (Å²) in [5.41, 5.74) is 10.2. The normalized spacial score (nSPS) is 14.3. The second-order valence-electron chi connectivity index (χ2n) is 5.59. The molecule has 1 fully saturated rings. The van der Waals surface area contributed by atoms with Gasteiger partial charge in [-0.25, -0.2) is 0 Å². The second-order valence-corrected chi connectivity index (χ2v) is 5.59. The minimum atomic E-state index is 0.699. The van der Waals surface area contributed by atoms with Crippen LogP contribution in [0.3, 0.4) is 0 Å². The molecule has 104 valence electrons. The summed E-state index contributed by atoms with van der Waals surface area (Å²) in [6.07, 6.45) is 7.54. The average molecular weight is 272 g/mol. The van der Waals surface area contributed by atoms with E-state index in [4.69, 9.17) is 0 Å². The topological polar surface area (TPSA) is 0 Å². The van der Waals surface area contributed by atoms with Gasteiger partial charge in [0.15, 0.2) is 0 Å². The highest BCUT2D eigenvalue weighted by Gasteiger charge is 2.10. The van der Waals surface area contributed by atoms with Crippen molar-refractivity contribution in [2.45, 2.75) is 25.7 Å². The van der Waals surface area contributed by atoms with E-state index in [9.17, 15) is 0 Å². The quantitative estimate of drug-likeness (QED) is 0.636. The minimum absolute atomic E-state index is 0.699. The molecule has 0 heteroatoms. The Morgan fingerprint density at radius 3 is 1.86 bits per heavy atom. The van der Waals surface area contributed by atoms with Crippen LogP contribution in [0.2, 0.25) is 0 Å². The third-order valence-corrected chi connectivity index (χ3v) is 4.04. The second kappa shape index (κ2) is 6.95. The molecule has 1 aliphatic carbocycles. The van der Waals surface area contributed by atoms with Crippen LogP contribution in [-0.2, 0) is 0 Å². The molecule has 2 aromatic rings. The molecule has 1 saturated carbocycles. The minimum Gasteiger partial charge on any atom is -0.0737 e. The summed E-state index contributed by atoms with van der Waals surface area (Å²) in [7, 11) is 0. The molecule has 0 bridgehead atoms.